The zero-order chi connectivity index (χ0) is 21.6. The van der Waals surface area contributed by atoms with Crippen LogP contribution in [0.4, 0.5) is 0 Å². The van der Waals surface area contributed by atoms with Crippen molar-refractivity contribution in [3.8, 4) is 0 Å². The topological polar surface area (TPSA) is 101 Å². The van der Waals surface area contributed by atoms with Gasteiger partial charge in [0, 0.05) is 31.4 Å². The molecule has 0 bridgehead atoms. The quantitative estimate of drug-likeness (QED) is 0.731. The lowest BCUT2D eigenvalue weighted by atomic mass is 9.93. The molecular formula is C23H33N3O5. The van der Waals surface area contributed by atoms with Gasteiger partial charge in [-0.3, -0.25) is 14.6 Å². The second kappa shape index (κ2) is 10.5. The van der Waals surface area contributed by atoms with E-state index in [4.69, 9.17) is 9.47 Å². The molecule has 0 radical (unpaired) electrons. The highest BCUT2D eigenvalue weighted by Gasteiger charge is 2.41. The summed E-state index contributed by atoms with van der Waals surface area (Å²) >= 11 is 0. The van der Waals surface area contributed by atoms with Gasteiger partial charge in [-0.2, -0.15) is 0 Å². The van der Waals surface area contributed by atoms with Crippen LogP contribution in [-0.4, -0.2) is 70.9 Å². The Balaban J connectivity index is 1.34. The van der Waals surface area contributed by atoms with Gasteiger partial charge < -0.3 is 24.8 Å². The molecule has 2 amide bonds. The van der Waals surface area contributed by atoms with Crippen molar-refractivity contribution in [1.82, 2.24) is 15.2 Å². The third kappa shape index (κ3) is 5.81. The number of fused-ring (bicyclic) bond motifs is 1. The number of rotatable bonds is 5. The lowest BCUT2D eigenvalue weighted by Crippen LogP contribution is -2.58. The first-order valence-corrected chi connectivity index (χ1v) is 11.5. The molecule has 1 aromatic rings. The highest BCUT2D eigenvalue weighted by atomic mass is 16.5. The molecule has 31 heavy (non-hydrogen) atoms. The Hall–Kier alpha value is -2.03. The maximum atomic E-state index is 13.2. The van der Waals surface area contributed by atoms with Crippen LogP contribution in [-0.2, 0) is 25.6 Å². The number of pyridine rings is 1. The molecule has 0 spiro atoms. The smallest absolute Gasteiger partial charge is 0.226 e. The second-order valence-electron chi connectivity index (χ2n) is 8.94. The average molecular weight is 432 g/mol. The molecule has 2 N–H and O–H groups in total. The van der Waals surface area contributed by atoms with Gasteiger partial charge in [-0.05, 0) is 43.4 Å². The van der Waals surface area contributed by atoms with E-state index in [1.807, 2.05) is 17.0 Å². The summed E-state index contributed by atoms with van der Waals surface area (Å²) in [7, 11) is 0. The van der Waals surface area contributed by atoms with Gasteiger partial charge in [-0.25, -0.2) is 0 Å². The number of hydrogen-bond donors (Lipinski definition) is 2. The Morgan fingerprint density at radius 2 is 1.90 bits per heavy atom. The lowest BCUT2D eigenvalue weighted by Gasteiger charge is -2.45. The summed E-state index contributed by atoms with van der Waals surface area (Å²) in [6, 6.07) is 3.63. The minimum Gasteiger partial charge on any atom is -0.389 e. The molecule has 3 heterocycles. The van der Waals surface area contributed by atoms with Crippen molar-refractivity contribution < 1.29 is 24.2 Å². The van der Waals surface area contributed by atoms with E-state index < -0.39 is 6.10 Å². The van der Waals surface area contributed by atoms with Crippen molar-refractivity contribution in [2.75, 3.05) is 19.8 Å². The molecular weight excluding hydrogens is 398 g/mol. The Morgan fingerprint density at radius 1 is 1.13 bits per heavy atom. The van der Waals surface area contributed by atoms with Crippen LogP contribution in [0.1, 0.15) is 50.5 Å². The van der Waals surface area contributed by atoms with Crippen molar-refractivity contribution in [2.24, 2.45) is 5.92 Å². The number of carbonyl (C=O) groups excluding carboxylic acids is 2. The van der Waals surface area contributed by atoms with Crippen LogP contribution in [0.5, 0.6) is 0 Å². The number of nitrogens with one attached hydrogen (secondary N) is 1. The number of aliphatic hydroxyl groups excluding tert-OH is 1. The summed E-state index contributed by atoms with van der Waals surface area (Å²) in [5.74, 6) is 0.150. The molecule has 3 aliphatic rings. The first-order valence-electron chi connectivity index (χ1n) is 11.5. The maximum absolute atomic E-state index is 13.2. The van der Waals surface area contributed by atoms with Gasteiger partial charge in [0.1, 0.15) is 6.10 Å². The van der Waals surface area contributed by atoms with E-state index in [1.54, 1.807) is 12.4 Å². The summed E-state index contributed by atoms with van der Waals surface area (Å²) < 4.78 is 11.9. The van der Waals surface area contributed by atoms with Crippen LogP contribution in [0.25, 0.3) is 0 Å². The standard InChI is InChI=1S/C23H33N3O5/c27-18-13-26(23(29)17-3-1-2-4-17)20-6-5-19(31-21(20)15-30-14-18)11-22(28)25-12-16-7-9-24-10-8-16/h7-10,17-21,27H,1-6,11-15H2,(H,25,28)/t18-,19-,20-,21+/m1/s1. The normalized spacial score (nSPS) is 29.6. The second-order valence-corrected chi connectivity index (χ2v) is 8.94. The van der Waals surface area contributed by atoms with Crippen molar-refractivity contribution in [1.29, 1.82) is 0 Å². The number of ether oxygens (including phenoxy) is 2. The van der Waals surface area contributed by atoms with E-state index in [0.29, 0.717) is 19.6 Å². The van der Waals surface area contributed by atoms with Crippen LogP contribution >= 0.6 is 0 Å². The van der Waals surface area contributed by atoms with Crippen LogP contribution in [0, 0.1) is 5.92 Å². The molecule has 0 unspecified atom stereocenters. The average Bonchev–Trinajstić information content (AvgIpc) is 3.31. The molecule has 4 rings (SSSR count). The van der Waals surface area contributed by atoms with Crippen molar-refractivity contribution in [3.05, 3.63) is 30.1 Å². The first kappa shape index (κ1) is 22.2. The van der Waals surface area contributed by atoms with Crippen molar-refractivity contribution >= 4 is 11.8 Å². The fraction of sp³-hybridized carbons (Fsp3) is 0.696. The molecule has 2 aliphatic heterocycles. The Morgan fingerprint density at radius 3 is 2.68 bits per heavy atom. The molecule has 170 valence electrons. The lowest BCUT2D eigenvalue weighted by molar-refractivity contribution is -0.171. The SMILES string of the molecule is O=C(C[C@H]1CC[C@@H]2[C@H](COC[C@H](O)CN2C(=O)C2CCCC2)O1)NCc1ccncc1. The zero-order valence-electron chi connectivity index (χ0n) is 17.9. The summed E-state index contributed by atoms with van der Waals surface area (Å²) in [5.41, 5.74) is 1.00. The van der Waals surface area contributed by atoms with Gasteiger partial charge >= 0.3 is 0 Å². The highest BCUT2D eigenvalue weighted by Crippen LogP contribution is 2.32. The van der Waals surface area contributed by atoms with Gasteiger partial charge in [-0.1, -0.05) is 12.8 Å². The fourth-order valence-electron chi connectivity index (χ4n) is 4.98. The van der Waals surface area contributed by atoms with E-state index >= 15 is 0 Å². The van der Waals surface area contributed by atoms with E-state index in [-0.39, 0.29) is 55.6 Å². The Kier molecular flexibility index (Phi) is 7.53. The van der Waals surface area contributed by atoms with E-state index in [0.717, 1.165) is 37.7 Å². The molecule has 3 fully saturated rings. The Bertz CT molecular complexity index is 740. The monoisotopic (exact) mass is 431 g/mol. The molecule has 8 nitrogen and oxygen atoms in total. The first-order chi connectivity index (χ1) is 15.1. The number of amides is 2. The minimum absolute atomic E-state index is 0.0543. The molecule has 1 aromatic heterocycles. The van der Waals surface area contributed by atoms with Crippen LogP contribution in [0.3, 0.4) is 0 Å². The van der Waals surface area contributed by atoms with Crippen LogP contribution < -0.4 is 5.32 Å². The van der Waals surface area contributed by atoms with E-state index in [9.17, 15) is 14.7 Å². The fourth-order valence-corrected chi connectivity index (χ4v) is 4.98. The molecule has 8 heteroatoms. The molecule has 4 atom stereocenters. The number of carbonyl (C=O) groups is 2. The van der Waals surface area contributed by atoms with Gasteiger partial charge in [0.15, 0.2) is 0 Å². The predicted octanol–water partition coefficient (Wildman–Crippen LogP) is 1.41. The third-order valence-corrected chi connectivity index (χ3v) is 6.62. The van der Waals surface area contributed by atoms with Crippen LogP contribution in [0.15, 0.2) is 24.5 Å². The predicted molar refractivity (Wildman–Crippen MR) is 113 cm³/mol. The molecule has 1 aliphatic carbocycles. The van der Waals surface area contributed by atoms with Crippen LogP contribution in [0.2, 0.25) is 0 Å². The number of aromatic nitrogens is 1. The van der Waals surface area contributed by atoms with E-state index in [1.165, 1.54) is 0 Å². The highest BCUT2D eigenvalue weighted by molar-refractivity contribution is 5.79. The number of nitrogens with zero attached hydrogens (tertiary/aromatic N) is 2. The molecule has 1 saturated carbocycles. The largest absolute Gasteiger partial charge is 0.389 e. The van der Waals surface area contributed by atoms with Gasteiger partial charge in [0.2, 0.25) is 11.8 Å². The number of hydrogen-bond acceptors (Lipinski definition) is 6. The maximum Gasteiger partial charge on any atom is 0.226 e. The summed E-state index contributed by atoms with van der Waals surface area (Å²) in [6.45, 7) is 1.27. The Labute approximate surface area is 183 Å². The summed E-state index contributed by atoms with van der Waals surface area (Å²) in [4.78, 5) is 31.4. The van der Waals surface area contributed by atoms with Gasteiger partial charge in [0.25, 0.3) is 0 Å². The third-order valence-electron chi connectivity index (χ3n) is 6.62. The minimum atomic E-state index is -0.678. The molecule has 0 aromatic carbocycles. The van der Waals surface area contributed by atoms with Crippen molar-refractivity contribution in [3.63, 3.8) is 0 Å². The van der Waals surface area contributed by atoms with Gasteiger partial charge in [-0.15, -0.1) is 0 Å². The summed E-state index contributed by atoms with van der Waals surface area (Å²) in [6.07, 6.45) is 8.05. The molecule has 2 saturated heterocycles. The van der Waals surface area contributed by atoms with E-state index in [2.05, 4.69) is 10.3 Å². The van der Waals surface area contributed by atoms with Gasteiger partial charge in [0.05, 0.1) is 37.9 Å². The number of β-amino-alcohol motifs (C(OH)–C–C–N with tert-alkyl or cyclic N) is 1. The zero-order valence-corrected chi connectivity index (χ0v) is 17.9. The van der Waals surface area contributed by atoms with Crippen molar-refractivity contribution in [2.45, 2.75) is 75.8 Å². The summed E-state index contributed by atoms with van der Waals surface area (Å²) in [5, 5.41) is 13.2. The number of aliphatic hydroxyl groups is 1.